The summed E-state index contributed by atoms with van der Waals surface area (Å²) in [6, 6.07) is 0.398. The van der Waals surface area contributed by atoms with E-state index in [0.29, 0.717) is 17.6 Å². The lowest BCUT2D eigenvalue weighted by Gasteiger charge is -2.24. The van der Waals surface area contributed by atoms with E-state index in [1.807, 2.05) is 23.7 Å². The Bertz CT molecular complexity index is 329. The molecule has 0 saturated heterocycles. The van der Waals surface area contributed by atoms with Gasteiger partial charge < -0.3 is 4.90 Å². The van der Waals surface area contributed by atoms with Gasteiger partial charge in [0.25, 0.3) is 0 Å². The zero-order valence-corrected chi connectivity index (χ0v) is 10.7. The fraction of sp³-hybridized carbons (Fsp3) is 0.545. The molecule has 0 radical (unpaired) electrons. The van der Waals surface area contributed by atoms with Crippen molar-refractivity contribution in [2.75, 3.05) is 24.0 Å². The SMILES string of the molecule is CSCCC(C)N(C)c1ncc(C=O)cn1. The van der Waals surface area contributed by atoms with Gasteiger partial charge in [-0.1, -0.05) is 0 Å². The van der Waals surface area contributed by atoms with E-state index in [-0.39, 0.29) is 0 Å². The second-order valence-electron chi connectivity index (χ2n) is 3.68. The molecule has 0 aromatic carbocycles. The molecule has 0 saturated carbocycles. The zero-order valence-electron chi connectivity index (χ0n) is 9.88. The van der Waals surface area contributed by atoms with Gasteiger partial charge >= 0.3 is 0 Å². The van der Waals surface area contributed by atoms with Crippen molar-refractivity contribution >= 4 is 24.0 Å². The molecule has 88 valence electrons. The van der Waals surface area contributed by atoms with Crippen LogP contribution in [0.15, 0.2) is 12.4 Å². The fourth-order valence-electron chi connectivity index (χ4n) is 1.25. The molecule has 0 spiro atoms. The van der Waals surface area contributed by atoms with Crippen molar-refractivity contribution in [3.05, 3.63) is 18.0 Å². The first-order valence-corrected chi connectivity index (χ1v) is 6.57. The number of rotatable bonds is 6. The van der Waals surface area contributed by atoms with Gasteiger partial charge in [0.05, 0.1) is 5.56 Å². The Morgan fingerprint density at radius 1 is 1.50 bits per heavy atom. The summed E-state index contributed by atoms with van der Waals surface area (Å²) < 4.78 is 0. The monoisotopic (exact) mass is 239 g/mol. The molecule has 0 fully saturated rings. The number of carbonyl (C=O) groups excluding carboxylic acids is 1. The van der Waals surface area contributed by atoms with Crippen LogP contribution < -0.4 is 4.90 Å². The van der Waals surface area contributed by atoms with Gasteiger partial charge in [0.1, 0.15) is 0 Å². The maximum absolute atomic E-state index is 10.5. The van der Waals surface area contributed by atoms with E-state index >= 15 is 0 Å². The smallest absolute Gasteiger partial charge is 0.225 e. The van der Waals surface area contributed by atoms with Gasteiger partial charge in [-0.05, 0) is 25.4 Å². The van der Waals surface area contributed by atoms with Crippen LogP contribution >= 0.6 is 11.8 Å². The summed E-state index contributed by atoms with van der Waals surface area (Å²) in [4.78, 5) is 20.8. The van der Waals surface area contributed by atoms with Crippen LogP contribution in [0, 0.1) is 0 Å². The van der Waals surface area contributed by atoms with Crippen molar-refractivity contribution in [3.8, 4) is 0 Å². The van der Waals surface area contributed by atoms with E-state index in [4.69, 9.17) is 0 Å². The minimum atomic E-state index is 0.398. The number of carbonyl (C=O) groups is 1. The molecule has 0 amide bonds. The Morgan fingerprint density at radius 2 is 2.12 bits per heavy atom. The summed E-state index contributed by atoms with van der Waals surface area (Å²) >= 11 is 1.83. The Balaban J connectivity index is 2.64. The van der Waals surface area contributed by atoms with Gasteiger partial charge in [0.15, 0.2) is 6.29 Å². The highest BCUT2D eigenvalue weighted by Gasteiger charge is 2.11. The Kier molecular flexibility index (Phi) is 5.25. The number of anilines is 1. The zero-order chi connectivity index (χ0) is 12.0. The standard InChI is InChI=1S/C11H17N3OS/c1-9(4-5-16-3)14(2)11-12-6-10(8-15)7-13-11/h6-9H,4-5H2,1-3H3. The van der Waals surface area contributed by atoms with Crippen LogP contribution in [0.25, 0.3) is 0 Å². The highest BCUT2D eigenvalue weighted by Crippen LogP contribution is 2.12. The van der Waals surface area contributed by atoms with Gasteiger partial charge in [-0.15, -0.1) is 0 Å². The molecule has 1 heterocycles. The molecule has 1 aromatic rings. The van der Waals surface area contributed by atoms with Crippen molar-refractivity contribution in [1.29, 1.82) is 0 Å². The molecular formula is C11H17N3OS. The van der Waals surface area contributed by atoms with E-state index in [1.54, 1.807) is 12.4 Å². The second kappa shape index (κ2) is 6.48. The van der Waals surface area contributed by atoms with Gasteiger partial charge in [0.2, 0.25) is 5.95 Å². The summed E-state index contributed by atoms with van der Waals surface area (Å²) in [5.74, 6) is 1.79. The maximum atomic E-state index is 10.5. The number of thioether (sulfide) groups is 1. The Labute approximate surface area is 100 Å². The predicted octanol–water partition coefficient (Wildman–Crippen LogP) is 1.87. The van der Waals surface area contributed by atoms with Crippen LogP contribution in [-0.4, -0.2) is 41.4 Å². The molecule has 5 heteroatoms. The van der Waals surface area contributed by atoms with E-state index in [9.17, 15) is 4.79 Å². The molecular weight excluding hydrogens is 222 g/mol. The van der Waals surface area contributed by atoms with Crippen LogP contribution in [0.5, 0.6) is 0 Å². The molecule has 1 aromatic heterocycles. The van der Waals surface area contributed by atoms with E-state index in [1.165, 1.54) is 0 Å². The van der Waals surface area contributed by atoms with E-state index in [2.05, 4.69) is 23.1 Å². The molecule has 1 rings (SSSR count). The molecule has 0 aliphatic rings. The molecule has 0 aliphatic heterocycles. The van der Waals surface area contributed by atoms with Crippen LogP contribution in [0.1, 0.15) is 23.7 Å². The average molecular weight is 239 g/mol. The van der Waals surface area contributed by atoms with Crippen molar-refractivity contribution in [3.63, 3.8) is 0 Å². The molecule has 0 bridgehead atoms. The number of aldehydes is 1. The maximum Gasteiger partial charge on any atom is 0.225 e. The lowest BCUT2D eigenvalue weighted by molar-refractivity contribution is 0.112. The Hall–Kier alpha value is -1.10. The van der Waals surface area contributed by atoms with Crippen LogP contribution in [0.2, 0.25) is 0 Å². The highest BCUT2D eigenvalue weighted by molar-refractivity contribution is 7.98. The van der Waals surface area contributed by atoms with Gasteiger partial charge in [-0.2, -0.15) is 11.8 Å². The average Bonchev–Trinajstić information content (AvgIpc) is 2.35. The molecule has 1 atom stereocenters. The minimum Gasteiger partial charge on any atom is -0.341 e. The number of hydrogen-bond acceptors (Lipinski definition) is 5. The van der Waals surface area contributed by atoms with E-state index in [0.717, 1.165) is 18.5 Å². The first-order valence-electron chi connectivity index (χ1n) is 5.18. The quantitative estimate of drug-likeness (QED) is 0.709. The molecule has 0 aliphatic carbocycles. The third kappa shape index (κ3) is 3.48. The Morgan fingerprint density at radius 3 is 2.62 bits per heavy atom. The molecule has 0 N–H and O–H groups in total. The minimum absolute atomic E-state index is 0.398. The van der Waals surface area contributed by atoms with Crippen molar-refractivity contribution in [2.24, 2.45) is 0 Å². The second-order valence-corrected chi connectivity index (χ2v) is 4.66. The summed E-state index contributed by atoms with van der Waals surface area (Å²) in [6.07, 6.45) is 7.04. The van der Waals surface area contributed by atoms with Crippen molar-refractivity contribution in [2.45, 2.75) is 19.4 Å². The third-order valence-electron chi connectivity index (χ3n) is 2.51. The van der Waals surface area contributed by atoms with Gasteiger partial charge in [-0.25, -0.2) is 9.97 Å². The summed E-state index contributed by atoms with van der Waals surface area (Å²) in [5, 5.41) is 0. The van der Waals surface area contributed by atoms with Crippen molar-refractivity contribution in [1.82, 2.24) is 9.97 Å². The molecule has 16 heavy (non-hydrogen) atoms. The lowest BCUT2D eigenvalue weighted by atomic mass is 10.2. The topological polar surface area (TPSA) is 46.1 Å². The van der Waals surface area contributed by atoms with Crippen LogP contribution in [-0.2, 0) is 0 Å². The highest BCUT2D eigenvalue weighted by atomic mass is 32.2. The van der Waals surface area contributed by atoms with Gasteiger partial charge in [-0.3, -0.25) is 4.79 Å². The summed E-state index contributed by atoms with van der Waals surface area (Å²) in [6.45, 7) is 2.15. The van der Waals surface area contributed by atoms with Crippen LogP contribution in [0.3, 0.4) is 0 Å². The van der Waals surface area contributed by atoms with Crippen molar-refractivity contribution < 1.29 is 4.79 Å². The van der Waals surface area contributed by atoms with Crippen LogP contribution in [0.4, 0.5) is 5.95 Å². The predicted molar refractivity (Wildman–Crippen MR) is 68.3 cm³/mol. The fourth-order valence-corrected chi connectivity index (χ4v) is 1.83. The number of hydrogen-bond donors (Lipinski definition) is 0. The number of aromatic nitrogens is 2. The largest absolute Gasteiger partial charge is 0.341 e. The first kappa shape index (κ1) is 13.0. The van der Waals surface area contributed by atoms with E-state index < -0.39 is 0 Å². The first-order chi connectivity index (χ1) is 7.69. The van der Waals surface area contributed by atoms with Gasteiger partial charge in [0, 0.05) is 25.5 Å². The molecule has 4 nitrogen and oxygen atoms in total. The molecule has 1 unspecified atom stereocenters. The third-order valence-corrected chi connectivity index (χ3v) is 3.15. The summed E-state index contributed by atoms with van der Waals surface area (Å²) in [5.41, 5.74) is 0.508. The normalized spacial score (nSPS) is 12.2. The number of nitrogens with zero attached hydrogens (tertiary/aromatic N) is 3. The lowest BCUT2D eigenvalue weighted by Crippen LogP contribution is -2.30. The summed E-state index contributed by atoms with van der Waals surface area (Å²) in [7, 11) is 1.97.